The number of carbonyl (C=O) groups excluding carboxylic acids is 2. The third-order valence-electron chi connectivity index (χ3n) is 7.76. The number of amides is 1. The van der Waals surface area contributed by atoms with Gasteiger partial charge in [0.25, 0.3) is 0 Å². The minimum absolute atomic E-state index is 0.122. The van der Waals surface area contributed by atoms with Crippen LogP contribution in [0.3, 0.4) is 0 Å². The van der Waals surface area contributed by atoms with Crippen LogP contribution in [-0.4, -0.2) is 82.0 Å². The number of methoxy groups -OCH3 is 2. The molecule has 0 atom stereocenters. The first kappa shape index (κ1) is 26.1. The zero-order chi connectivity index (χ0) is 27.8. The van der Waals surface area contributed by atoms with Crippen LogP contribution in [0.1, 0.15) is 29.3 Å². The highest BCUT2D eigenvalue weighted by Gasteiger charge is 2.33. The molecule has 3 aromatic carbocycles. The molecule has 0 bridgehead atoms. The van der Waals surface area contributed by atoms with Crippen molar-refractivity contribution in [3.63, 3.8) is 0 Å². The fourth-order valence-corrected chi connectivity index (χ4v) is 5.67. The van der Waals surface area contributed by atoms with Crippen molar-refractivity contribution in [3.05, 3.63) is 41.5 Å². The molecule has 3 aliphatic heterocycles. The van der Waals surface area contributed by atoms with E-state index in [-0.39, 0.29) is 19.3 Å². The summed E-state index contributed by atoms with van der Waals surface area (Å²) in [7, 11) is 3.17. The predicted molar refractivity (Wildman–Crippen MR) is 147 cm³/mol. The van der Waals surface area contributed by atoms with Crippen LogP contribution in [0.2, 0.25) is 0 Å². The van der Waals surface area contributed by atoms with Gasteiger partial charge in [-0.3, -0.25) is 9.69 Å². The highest BCUT2D eigenvalue weighted by molar-refractivity contribution is 6.14. The molecule has 1 amide bonds. The van der Waals surface area contributed by atoms with Gasteiger partial charge >= 0.3 is 5.97 Å². The second-order valence-corrected chi connectivity index (χ2v) is 10.0. The molecule has 0 aromatic heterocycles. The van der Waals surface area contributed by atoms with Crippen LogP contribution < -0.4 is 23.7 Å². The lowest BCUT2D eigenvalue weighted by Crippen LogP contribution is -2.48. The number of benzene rings is 3. The number of piperazine rings is 1. The summed E-state index contributed by atoms with van der Waals surface area (Å²) in [5, 5.41) is 1.59. The summed E-state index contributed by atoms with van der Waals surface area (Å²) >= 11 is 0. The monoisotopic (exact) mass is 548 g/mol. The van der Waals surface area contributed by atoms with Gasteiger partial charge in [0.2, 0.25) is 12.7 Å². The van der Waals surface area contributed by atoms with E-state index in [1.54, 1.807) is 21.1 Å². The summed E-state index contributed by atoms with van der Waals surface area (Å²) in [6.45, 7) is 6.40. The van der Waals surface area contributed by atoms with E-state index < -0.39 is 5.97 Å². The van der Waals surface area contributed by atoms with E-state index in [0.717, 1.165) is 61.0 Å². The molecule has 10 nitrogen and oxygen atoms in total. The van der Waals surface area contributed by atoms with Gasteiger partial charge in [0.1, 0.15) is 12.4 Å². The first-order chi connectivity index (χ1) is 19.5. The molecule has 3 heterocycles. The minimum Gasteiger partial charge on any atom is -0.493 e. The molecule has 6 rings (SSSR count). The number of carbonyl (C=O) groups is 2. The van der Waals surface area contributed by atoms with Crippen molar-refractivity contribution in [2.45, 2.75) is 20.0 Å². The number of hydrogen-bond donors (Lipinski definition) is 0. The third-order valence-corrected chi connectivity index (χ3v) is 7.76. The summed E-state index contributed by atoms with van der Waals surface area (Å²) in [6.07, 6.45) is 0.794. The Kier molecular flexibility index (Phi) is 7.02. The molecule has 0 spiro atoms. The van der Waals surface area contributed by atoms with Crippen LogP contribution >= 0.6 is 0 Å². The summed E-state index contributed by atoms with van der Waals surface area (Å²) in [5.41, 5.74) is 2.72. The topological polar surface area (TPSA) is 96.0 Å². The SMILES string of the molecule is COc1cc2c(OCCCN3CCN(C(C)=O)CC3)c3c(c(-c4ccc5c(c4)OCO5)c2cc1OC)C(=O)OC3. The van der Waals surface area contributed by atoms with Gasteiger partial charge in [-0.05, 0) is 41.6 Å². The molecule has 3 aromatic rings. The highest BCUT2D eigenvalue weighted by atomic mass is 16.7. The van der Waals surface area contributed by atoms with Crippen molar-refractivity contribution in [1.29, 1.82) is 0 Å². The second-order valence-electron chi connectivity index (χ2n) is 10.0. The molecule has 0 saturated carbocycles. The maximum atomic E-state index is 13.2. The smallest absolute Gasteiger partial charge is 0.339 e. The molecule has 0 N–H and O–H groups in total. The highest BCUT2D eigenvalue weighted by Crippen LogP contribution is 2.49. The Morgan fingerprint density at radius 1 is 0.900 bits per heavy atom. The molecule has 0 radical (unpaired) electrons. The minimum atomic E-state index is -0.396. The van der Waals surface area contributed by atoms with Crippen LogP contribution in [0.4, 0.5) is 0 Å². The van der Waals surface area contributed by atoms with Crippen LogP contribution in [-0.2, 0) is 16.1 Å². The molecule has 40 heavy (non-hydrogen) atoms. The molecule has 1 fully saturated rings. The predicted octanol–water partition coefficient (Wildman–Crippen LogP) is 3.86. The quantitative estimate of drug-likeness (QED) is 0.307. The van der Waals surface area contributed by atoms with Crippen molar-refractivity contribution in [2.75, 3.05) is 60.3 Å². The van der Waals surface area contributed by atoms with Gasteiger partial charge in [0, 0.05) is 56.2 Å². The lowest BCUT2D eigenvalue weighted by Gasteiger charge is -2.34. The van der Waals surface area contributed by atoms with Gasteiger partial charge < -0.3 is 33.3 Å². The number of fused-ring (bicyclic) bond motifs is 3. The number of ether oxygens (including phenoxy) is 6. The standard InChI is InChI=1S/C30H32N2O8/c1-18(33)32-10-8-31(9-11-32)7-4-12-37-29-21-15-25(36-3)24(35-2)14-20(21)27(28-22(29)16-38-30(28)34)19-5-6-23-26(13-19)40-17-39-23/h5-6,13-15H,4,7-12,16-17H2,1-3H3. The Morgan fingerprint density at radius 3 is 2.35 bits per heavy atom. The summed E-state index contributed by atoms with van der Waals surface area (Å²) < 4.78 is 34.4. The normalized spacial score (nSPS) is 16.2. The van der Waals surface area contributed by atoms with Gasteiger partial charge in [-0.2, -0.15) is 0 Å². The maximum Gasteiger partial charge on any atom is 0.339 e. The molecule has 210 valence electrons. The first-order valence-electron chi connectivity index (χ1n) is 13.4. The van der Waals surface area contributed by atoms with E-state index >= 15 is 0 Å². The van der Waals surface area contributed by atoms with Gasteiger partial charge in [-0.1, -0.05) is 6.07 Å². The number of hydrogen-bond acceptors (Lipinski definition) is 9. The average Bonchev–Trinajstić information content (AvgIpc) is 3.60. The molecular weight excluding hydrogens is 516 g/mol. The number of esters is 1. The molecule has 3 aliphatic rings. The van der Waals surface area contributed by atoms with E-state index in [4.69, 9.17) is 28.4 Å². The molecule has 0 aliphatic carbocycles. The van der Waals surface area contributed by atoms with Crippen molar-refractivity contribution in [2.24, 2.45) is 0 Å². The van der Waals surface area contributed by atoms with Gasteiger partial charge in [0.05, 0.1) is 26.4 Å². The Hall–Kier alpha value is -4.18. The largest absolute Gasteiger partial charge is 0.493 e. The van der Waals surface area contributed by atoms with Crippen LogP contribution in [0.25, 0.3) is 21.9 Å². The fourth-order valence-electron chi connectivity index (χ4n) is 5.67. The summed E-state index contributed by atoms with van der Waals surface area (Å²) in [5.74, 6) is 2.72. The van der Waals surface area contributed by atoms with Crippen molar-refractivity contribution < 1.29 is 38.0 Å². The molecule has 1 saturated heterocycles. The van der Waals surface area contributed by atoms with Crippen LogP contribution in [0, 0.1) is 0 Å². The van der Waals surface area contributed by atoms with E-state index in [1.807, 2.05) is 35.2 Å². The zero-order valence-electron chi connectivity index (χ0n) is 22.9. The number of nitrogens with zero attached hydrogens (tertiary/aromatic N) is 2. The van der Waals surface area contributed by atoms with E-state index in [2.05, 4.69) is 4.90 Å². The average molecular weight is 549 g/mol. The zero-order valence-corrected chi connectivity index (χ0v) is 22.9. The van der Waals surface area contributed by atoms with E-state index in [9.17, 15) is 9.59 Å². The van der Waals surface area contributed by atoms with Gasteiger partial charge in [-0.15, -0.1) is 0 Å². The van der Waals surface area contributed by atoms with E-state index in [1.165, 1.54) is 0 Å². The Bertz CT molecular complexity index is 1480. The van der Waals surface area contributed by atoms with Crippen LogP contribution in [0.5, 0.6) is 28.7 Å². The summed E-state index contributed by atoms with van der Waals surface area (Å²) in [4.78, 5) is 29.0. The van der Waals surface area contributed by atoms with E-state index in [0.29, 0.717) is 46.5 Å². The second kappa shape index (κ2) is 10.8. The van der Waals surface area contributed by atoms with Gasteiger partial charge in [-0.25, -0.2) is 4.79 Å². The van der Waals surface area contributed by atoms with Crippen molar-refractivity contribution in [1.82, 2.24) is 9.80 Å². The lowest BCUT2D eigenvalue weighted by atomic mass is 9.89. The number of rotatable bonds is 8. The Morgan fingerprint density at radius 2 is 1.62 bits per heavy atom. The van der Waals surface area contributed by atoms with Crippen LogP contribution in [0.15, 0.2) is 30.3 Å². The molecule has 10 heteroatoms. The third kappa shape index (κ3) is 4.62. The Balaban J connectivity index is 1.36. The van der Waals surface area contributed by atoms with Crippen molar-refractivity contribution >= 4 is 22.6 Å². The van der Waals surface area contributed by atoms with Crippen molar-refractivity contribution in [3.8, 4) is 39.9 Å². The molecular formula is C30H32N2O8. The maximum absolute atomic E-state index is 13.2. The first-order valence-corrected chi connectivity index (χ1v) is 13.4. The number of cyclic esters (lactones) is 1. The fraction of sp³-hybridized carbons (Fsp3) is 0.400. The summed E-state index contributed by atoms with van der Waals surface area (Å²) in [6, 6.07) is 9.41. The van der Waals surface area contributed by atoms with Gasteiger partial charge in [0.15, 0.2) is 23.0 Å². The lowest BCUT2D eigenvalue weighted by molar-refractivity contribution is -0.130. The Labute approximate surface area is 232 Å². The molecule has 0 unspecified atom stereocenters.